The largest absolute Gasteiger partial charge is 0.488 e. The van der Waals surface area contributed by atoms with Crippen LogP contribution >= 0.6 is 0 Å². The number of carbonyl (C=O) groups excluding carboxylic acids is 2. The van der Waals surface area contributed by atoms with Crippen LogP contribution in [0.15, 0.2) is 41.7 Å². The summed E-state index contributed by atoms with van der Waals surface area (Å²) < 4.78 is 12.2. The van der Waals surface area contributed by atoms with Crippen LogP contribution in [0.2, 0.25) is 0 Å². The molecule has 1 aromatic carbocycles. The van der Waals surface area contributed by atoms with E-state index in [1.54, 1.807) is 6.92 Å². The molecule has 1 N–H and O–H groups in total. The number of ketones is 2. The van der Waals surface area contributed by atoms with Crippen LogP contribution in [0.3, 0.4) is 0 Å². The predicted molar refractivity (Wildman–Crippen MR) is 96.6 cm³/mol. The number of ether oxygens (including phenoxy) is 2. The van der Waals surface area contributed by atoms with Gasteiger partial charge in [-0.25, -0.2) is 0 Å². The molecule has 3 aliphatic carbocycles. The molecule has 0 aromatic heterocycles. The van der Waals surface area contributed by atoms with Gasteiger partial charge in [0.1, 0.15) is 17.5 Å². The third kappa shape index (κ3) is 1.57. The van der Waals surface area contributed by atoms with E-state index in [1.807, 2.05) is 51.1 Å². The highest BCUT2D eigenvalue weighted by atomic mass is 16.5. The minimum Gasteiger partial charge on any atom is -0.488 e. The molecule has 2 fully saturated rings. The Morgan fingerprint density at radius 1 is 1.07 bits per heavy atom. The molecule has 2 aliphatic heterocycles. The molecule has 142 valence electrons. The van der Waals surface area contributed by atoms with Crippen molar-refractivity contribution in [3.05, 3.63) is 47.2 Å². The van der Waals surface area contributed by atoms with Gasteiger partial charge in [0.25, 0.3) is 0 Å². The van der Waals surface area contributed by atoms with Gasteiger partial charge >= 0.3 is 0 Å². The fourth-order valence-corrected chi connectivity index (χ4v) is 5.96. The van der Waals surface area contributed by atoms with E-state index in [2.05, 4.69) is 0 Å². The molecule has 1 saturated carbocycles. The first-order valence-electron chi connectivity index (χ1n) is 9.51. The Bertz CT molecular complexity index is 916. The summed E-state index contributed by atoms with van der Waals surface area (Å²) in [6, 6.07) is 9.55. The van der Waals surface area contributed by atoms with E-state index in [9.17, 15) is 14.7 Å². The second kappa shape index (κ2) is 4.70. The van der Waals surface area contributed by atoms with Crippen molar-refractivity contribution < 1.29 is 24.2 Å². The molecule has 1 aromatic rings. The second-order valence-corrected chi connectivity index (χ2v) is 9.19. The minimum atomic E-state index is -1.64. The van der Waals surface area contributed by atoms with Crippen molar-refractivity contribution in [1.82, 2.24) is 0 Å². The third-order valence-corrected chi connectivity index (χ3v) is 7.96. The van der Waals surface area contributed by atoms with E-state index < -0.39 is 28.1 Å². The standard InChI is InChI=1S/C22H24O5/c1-19(2)15-11-26-21(4)18(24)20(19,3)17-16(22(15,21)25)13(23)10-14(27-17)12-8-6-5-7-9-12/h5-9,14-15,25H,10-11H2,1-4H3/t14-,15+,20+,21-,22+/m0/s1. The van der Waals surface area contributed by atoms with Crippen LogP contribution < -0.4 is 0 Å². The number of Topliss-reactive ketones (excluding diaryl/α,β-unsaturated/α-hetero) is 2. The number of rotatable bonds is 1. The monoisotopic (exact) mass is 368 g/mol. The average Bonchev–Trinajstić information content (AvgIpc) is 2.90. The van der Waals surface area contributed by atoms with Gasteiger partial charge in [0.05, 0.1) is 24.0 Å². The minimum absolute atomic E-state index is 0.149. The first-order chi connectivity index (χ1) is 12.6. The van der Waals surface area contributed by atoms with Gasteiger partial charge in [-0.1, -0.05) is 44.2 Å². The molecular weight excluding hydrogens is 344 g/mol. The molecular formula is C22H24O5. The lowest BCUT2D eigenvalue weighted by atomic mass is 9.39. The Morgan fingerprint density at radius 2 is 1.74 bits per heavy atom. The van der Waals surface area contributed by atoms with Crippen molar-refractivity contribution in [3.63, 3.8) is 0 Å². The maximum atomic E-state index is 13.6. The van der Waals surface area contributed by atoms with E-state index >= 15 is 0 Å². The van der Waals surface area contributed by atoms with Crippen molar-refractivity contribution >= 4 is 11.6 Å². The van der Waals surface area contributed by atoms with Gasteiger partial charge in [-0.3, -0.25) is 9.59 Å². The zero-order valence-electron chi connectivity index (χ0n) is 16.0. The van der Waals surface area contributed by atoms with Crippen molar-refractivity contribution in [3.8, 4) is 0 Å². The quantitative estimate of drug-likeness (QED) is 0.825. The Balaban J connectivity index is 1.76. The summed E-state index contributed by atoms with van der Waals surface area (Å²) in [5.41, 5.74) is -3.51. The summed E-state index contributed by atoms with van der Waals surface area (Å²) in [4.78, 5) is 26.9. The molecule has 5 nitrogen and oxygen atoms in total. The van der Waals surface area contributed by atoms with Crippen LogP contribution in [0, 0.1) is 16.7 Å². The molecule has 4 bridgehead atoms. The van der Waals surface area contributed by atoms with Gasteiger partial charge in [-0.15, -0.1) is 0 Å². The van der Waals surface area contributed by atoms with Gasteiger partial charge in [-0.2, -0.15) is 0 Å². The summed E-state index contributed by atoms with van der Waals surface area (Å²) in [7, 11) is 0. The Morgan fingerprint density at radius 3 is 2.41 bits per heavy atom. The van der Waals surface area contributed by atoms with E-state index in [4.69, 9.17) is 9.47 Å². The van der Waals surface area contributed by atoms with Crippen LogP contribution in [0.1, 0.15) is 45.8 Å². The fraction of sp³-hybridized carbons (Fsp3) is 0.545. The lowest BCUT2D eigenvalue weighted by molar-refractivity contribution is -0.208. The Hall–Kier alpha value is -1.98. The number of hydrogen-bond acceptors (Lipinski definition) is 5. The molecule has 0 amide bonds. The smallest absolute Gasteiger partial charge is 0.181 e. The molecule has 6 rings (SSSR count). The summed E-state index contributed by atoms with van der Waals surface area (Å²) in [6.07, 6.45) is -0.300. The molecule has 2 heterocycles. The zero-order valence-corrected chi connectivity index (χ0v) is 16.0. The summed E-state index contributed by atoms with van der Waals surface area (Å²) >= 11 is 0. The Kier molecular flexibility index (Phi) is 2.99. The molecule has 5 heteroatoms. The van der Waals surface area contributed by atoms with E-state index in [1.165, 1.54) is 0 Å². The predicted octanol–water partition coefficient (Wildman–Crippen LogP) is 2.74. The average molecular weight is 368 g/mol. The van der Waals surface area contributed by atoms with Gasteiger partial charge in [0.15, 0.2) is 17.2 Å². The molecule has 0 unspecified atom stereocenters. The van der Waals surface area contributed by atoms with Crippen molar-refractivity contribution in [1.29, 1.82) is 0 Å². The van der Waals surface area contributed by atoms with Crippen LogP contribution in [0.25, 0.3) is 0 Å². The normalized spacial score (nSPS) is 44.3. The molecule has 5 atom stereocenters. The lowest BCUT2D eigenvalue weighted by Crippen LogP contribution is -2.77. The van der Waals surface area contributed by atoms with E-state index in [-0.39, 0.29) is 36.1 Å². The molecule has 27 heavy (non-hydrogen) atoms. The SMILES string of the molecule is CC1(C)[C@H]2CO[C@@]3(C)C(=O)[C@@]1(C)C1=C(C(=O)C[C@@H](c4ccccc4)O1)[C@]23O. The summed E-state index contributed by atoms with van der Waals surface area (Å²) in [5, 5.41) is 11.8. The van der Waals surface area contributed by atoms with Crippen molar-refractivity contribution in [2.75, 3.05) is 6.61 Å². The topological polar surface area (TPSA) is 72.8 Å². The highest BCUT2D eigenvalue weighted by molar-refractivity contribution is 6.09. The summed E-state index contributed by atoms with van der Waals surface area (Å²) in [6.45, 7) is 7.68. The van der Waals surface area contributed by atoms with Crippen molar-refractivity contribution in [2.45, 2.75) is 51.4 Å². The number of allylic oxidation sites excluding steroid dienone is 1. The van der Waals surface area contributed by atoms with Crippen LogP contribution in [-0.2, 0) is 19.1 Å². The van der Waals surface area contributed by atoms with Crippen molar-refractivity contribution in [2.24, 2.45) is 16.7 Å². The maximum absolute atomic E-state index is 13.6. The molecule has 1 saturated heterocycles. The zero-order chi connectivity index (χ0) is 19.4. The summed E-state index contributed by atoms with van der Waals surface area (Å²) in [5.74, 6) is -0.332. The van der Waals surface area contributed by atoms with Gasteiger partial charge in [0.2, 0.25) is 0 Å². The number of carbonyl (C=O) groups is 2. The first kappa shape index (κ1) is 17.1. The number of hydrogen-bond donors (Lipinski definition) is 1. The first-order valence-corrected chi connectivity index (χ1v) is 9.51. The van der Waals surface area contributed by atoms with Gasteiger partial charge in [-0.05, 0) is 24.8 Å². The van der Waals surface area contributed by atoms with Gasteiger partial charge < -0.3 is 14.6 Å². The molecule has 5 aliphatic rings. The van der Waals surface area contributed by atoms with Crippen LogP contribution in [-0.4, -0.2) is 34.5 Å². The number of benzene rings is 1. The highest BCUT2D eigenvalue weighted by Crippen LogP contribution is 2.72. The second-order valence-electron chi connectivity index (χ2n) is 9.19. The van der Waals surface area contributed by atoms with E-state index in [0.717, 1.165) is 5.56 Å². The number of aliphatic hydroxyl groups is 1. The molecule has 0 spiro atoms. The maximum Gasteiger partial charge on any atom is 0.181 e. The third-order valence-electron chi connectivity index (χ3n) is 7.96. The van der Waals surface area contributed by atoms with Gasteiger partial charge in [0, 0.05) is 5.92 Å². The highest BCUT2D eigenvalue weighted by Gasteiger charge is 2.83. The van der Waals surface area contributed by atoms with Crippen LogP contribution in [0.4, 0.5) is 0 Å². The van der Waals surface area contributed by atoms with E-state index in [0.29, 0.717) is 5.76 Å². The Labute approximate surface area is 158 Å². The fourth-order valence-electron chi connectivity index (χ4n) is 5.96. The molecule has 0 radical (unpaired) electrons. The van der Waals surface area contributed by atoms with Crippen LogP contribution in [0.5, 0.6) is 0 Å². The lowest BCUT2D eigenvalue weighted by Gasteiger charge is -2.64.